The molecule has 240 valence electrons. The Hall–Kier alpha value is -2.78. The number of guanidine groups is 1. The van der Waals surface area contributed by atoms with Crippen molar-refractivity contribution in [3.05, 3.63) is 64.0 Å². The summed E-state index contributed by atoms with van der Waals surface area (Å²) < 4.78 is 55.5. The average molecular weight is 713 g/mol. The number of hydrogen-bond acceptors (Lipinski definition) is 7. The third-order valence-corrected chi connectivity index (χ3v) is 11.7. The van der Waals surface area contributed by atoms with Gasteiger partial charge in [-0.2, -0.15) is 4.99 Å². The Kier molecular flexibility index (Phi) is 10.4. The van der Waals surface area contributed by atoms with Gasteiger partial charge in [0.1, 0.15) is 5.15 Å². The molecule has 2 aliphatic rings. The molecule has 2 saturated carbocycles. The Labute approximate surface area is 276 Å². The Balaban J connectivity index is 0.000000179. The van der Waals surface area contributed by atoms with Crippen molar-refractivity contribution < 1.29 is 16.8 Å². The molecule has 0 unspecified atom stereocenters. The maximum absolute atomic E-state index is 12.6. The minimum atomic E-state index is -3.63. The first-order valence-corrected chi connectivity index (χ1v) is 18.4. The Morgan fingerprint density at radius 2 is 1.13 bits per heavy atom. The molecule has 0 amide bonds. The number of fused-ring (bicyclic) bond motifs is 2. The number of rotatable bonds is 7. The molecule has 0 radical (unpaired) electrons. The molecule has 11 nitrogen and oxygen atoms in total. The van der Waals surface area contributed by atoms with Gasteiger partial charge in [0.15, 0.2) is 11.8 Å². The minimum Gasteiger partial charge on any atom is -0.370 e. The fourth-order valence-corrected chi connectivity index (χ4v) is 8.83. The van der Waals surface area contributed by atoms with Crippen molar-refractivity contribution in [3.8, 4) is 0 Å². The van der Waals surface area contributed by atoms with Gasteiger partial charge in [0.25, 0.3) is 0 Å². The molecule has 0 atom stereocenters. The number of sulfonamides is 2. The molecule has 2 heterocycles. The predicted molar refractivity (Wildman–Crippen MR) is 179 cm³/mol. The van der Waals surface area contributed by atoms with Gasteiger partial charge in [-0.25, -0.2) is 36.2 Å². The van der Waals surface area contributed by atoms with Crippen molar-refractivity contribution in [1.82, 2.24) is 19.4 Å². The third kappa shape index (κ3) is 7.97. The number of benzene rings is 2. The monoisotopic (exact) mass is 711 g/mol. The van der Waals surface area contributed by atoms with Crippen LogP contribution in [-0.4, -0.2) is 44.8 Å². The molecule has 6 N–H and O–H groups in total. The first-order chi connectivity index (χ1) is 21.3. The van der Waals surface area contributed by atoms with Crippen LogP contribution in [0.4, 0.5) is 5.82 Å². The molecule has 16 heteroatoms. The van der Waals surface area contributed by atoms with Gasteiger partial charge in [-0.05, 0) is 49.9 Å². The van der Waals surface area contributed by atoms with Gasteiger partial charge in [0.2, 0.25) is 20.0 Å². The van der Waals surface area contributed by atoms with E-state index in [0.717, 1.165) is 51.4 Å². The number of nitrogens with two attached hydrogens (primary N) is 2. The highest BCUT2D eigenvalue weighted by atomic mass is 35.5. The minimum absolute atomic E-state index is 0.0136. The van der Waals surface area contributed by atoms with E-state index in [1.807, 2.05) is 0 Å². The SMILES string of the molecule is NC(N)=Nc1ncc(Cl)c2ccc(S(=O)(=O)NC3CCCC3)cc12.O=S(=O)(NC1CCCC1)c1ccc2c(Cl)cnc(Cl)c2c1. The van der Waals surface area contributed by atoms with Gasteiger partial charge >= 0.3 is 0 Å². The van der Waals surface area contributed by atoms with Crippen molar-refractivity contribution in [1.29, 1.82) is 0 Å². The molecule has 0 spiro atoms. The lowest BCUT2D eigenvalue weighted by atomic mass is 10.1. The molecule has 0 saturated heterocycles. The molecule has 2 fully saturated rings. The first-order valence-electron chi connectivity index (χ1n) is 14.3. The van der Waals surface area contributed by atoms with E-state index in [-0.39, 0.29) is 38.8 Å². The first kappa shape index (κ1) is 33.6. The van der Waals surface area contributed by atoms with Crippen LogP contribution in [0, 0.1) is 0 Å². The van der Waals surface area contributed by atoms with Gasteiger partial charge in [-0.15, -0.1) is 0 Å². The van der Waals surface area contributed by atoms with E-state index in [1.165, 1.54) is 30.6 Å². The van der Waals surface area contributed by atoms with E-state index in [9.17, 15) is 16.8 Å². The van der Waals surface area contributed by atoms with Crippen LogP contribution in [0.2, 0.25) is 15.2 Å². The van der Waals surface area contributed by atoms with Gasteiger partial charge in [-0.3, -0.25) is 0 Å². The largest absolute Gasteiger partial charge is 0.370 e. The van der Waals surface area contributed by atoms with Gasteiger partial charge in [0.05, 0.1) is 19.8 Å². The molecule has 2 aromatic carbocycles. The van der Waals surface area contributed by atoms with Crippen LogP contribution in [0.1, 0.15) is 51.4 Å². The topological polar surface area (TPSA) is 183 Å². The summed E-state index contributed by atoms with van der Waals surface area (Å²) in [4.78, 5) is 12.3. The fourth-order valence-electron chi connectivity index (χ4n) is 5.54. The second kappa shape index (κ2) is 13.9. The molecule has 0 bridgehead atoms. The van der Waals surface area contributed by atoms with Crippen molar-refractivity contribution in [2.45, 2.75) is 73.2 Å². The Morgan fingerprint density at radius 3 is 1.62 bits per heavy atom. The van der Waals surface area contributed by atoms with Crippen LogP contribution in [-0.2, 0) is 20.0 Å². The molecule has 2 aliphatic carbocycles. The average Bonchev–Trinajstić information content (AvgIpc) is 3.70. The zero-order valence-electron chi connectivity index (χ0n) is 24.0. The normalized spacial score (nSPS) is 16.2. The molecular formula is C29H32Cl3N7O4S2. The number of nitrogens with zero attached hydrogens (tertiary/aromatic N) is 3. The van der Waals surface area contributed by atoms with Crippen molar-refractivity contribution in [2.24, 2.45) is 16.5 Å². The van der Waals surface area contributed by atoms with Crippen LogP contribution < -0.4 is 20.9 Å². The quantitative estimate of drug-likeness (QED) is 0.106. The number of halogens is 3. The number of pyridine rings is 2. The molecule has 2 aromatic heterocycles. The lowest BCUT2D eigenvalue weighted by Gasteiger charge is -2.13. The van der Waals surface area contributed by atoms with Gasteiger partial charge in [-0.1, -0.05) is 72.6 Å². The van der Waals surface area contributed by atoms with Crippen molar-refractivity contribution >= 4 is 88.2 Å². The van der Waals surface area contributed by atoms with E-state index in [4.69, 9.17) is 46.3 Å². The summed E-state index contributed by atoms with van der Waals surface area (Å²) in [5.74, 6) is 0.0655. The zero-order valence-corrected chi connectivity index (χ0v) is 27.9. The zero-order chi connectivity index (χ0) is 32.4. The van der Waals surface area contributed by atoms with E-state index in [0.29, 0.717) is 31.6 Å². The second-order valence-corrected chi connectivity index (χ2v) is 15.6. The number of aromatic nitrogens is 2. The second-order valence-electron chi connectivity index (χ2n) is 11.0. The smallest absolute Gasteiger partial charge is 0.240 e. The summed E-state index contributed by atoms with van der Waals surface area (Å²) in [6.07, 6.45) is 10.6. The highest BCUT2D eigenvalue weighted by Crippen LogP contribution is 2.32. The van der Waals surface area contributed by atoms with Crippen molar-refractivity contribution in [3.63, 3.8) is 0 Å². The Morgan fingerprint density at radius 1 is 0.689 bits per heavy atom. The molecular weight excluding hydrogens is 681 g/mol. The van der Waals surface area contributed by atoms with E-state index in [1.54, 1.807) is 18.2 Å². The molecule has 6 rings (SSSR count). The van der Waals surface area contributed by atoms with E-state index in [2.05, 4.69) is 24.4 Å². The van der Waals surface area contributed by atoms with Gasteiger partial charge < -0.3 is 11.5 Å². The van der Waals surface area contributed by atoms with Crippen LogP contribution in [0.3, 0.4) is 0 Å². The number of nitrogens with one attached hydrogen (secondary N) is 2. The lowest BCUT2D eigenvalue weighted by molar-refractivity contribution is 0.551. The third-order valence-electron chi connectivity index (χ3n) is 7.76. The lowest BCUT2D eigenvalue weighted by Crippen LogP contribution is -2.32. The van der Waals surface area contributed by atoms with Crippen LogP contribution >= 0.6 is 34.8 Å². The summed E-state index contributed by atoms with van der Waals surface area (Å²) in [7, 11) is -7.17. The van der Waals surface area contributed by atoms with E-state index >= 15 is 0 Å². The number of aliphatic imine (C=N–C) groups is 1. The summed E-state index contributed by atoms with van der Waals surface area (Å²) in [6.45, 7) is 0. The summed E-state index contributed by atoms with van der Waals surface area (Å²) in [5, 5.41) is 3.42. The fraction of sp³-hybridized carbons (Fsp3) is 0.345. The maximum Gasteiger partial charge on any atom is 0.240 e. The number of hydrogen-bond donors (Lipinski definition) is 4. The summed E-state index contributed by atoms with van der Waals surface area (Å²) >= 11 is 18.2. The van der Waals surface area contributed by atoms with Gasteiger partial charge in [0, 0.05) is 46.0 Å². The predicted octanol–water partition coefficient (Wildman–Crippen LogP) is 5.78. The summed E-state index contributed by atoms with van der Waals surface area (Å²) in [6, 6.07) is 9.38. The van der Waals surface area contributed by atoms with Crippen LogP contribution in [0.25, 0.3) is 21.5 Å². The highest BCUT2D eigenvalue weighted by molar-refractivity contribution is 7.89. The van der Waals surface area contributed by atoms with Crippen molar-refractivity contribution in [2.75, 3.05) is 0 Å². The standard InChI is InChI=1S/C15H18ClN5O2S.C14H14Cl2N2O2S/c16-13-8-19-14(20-15(17)18)12-7-10(5-6-11(12)13)24(22,23)21-9-3-1-2-4-9;15-13-8-17-14(16)12-7-10(5-6-11(12)13)21(19,20)18-9-3-1-2-4-9/h5-9,21H,1-4H2,(H4,17,18,19,20);5-9,18H,1-4H2. The molecule has 45 heavy (non-hydrogen) atoms. The highest BCUT2D eigenvalue weighted by Gasteiger charge is 2.25. The maximum atomic E-state index is 12.6. The molecule has 4 aromatic rings. The molecule has 0 aliphatic heterocycles. The van der Waals surface area contributed by atoms with E-state index < -0.39 is 20.0 Å². The Bertz CT molecular complexity index is 1980. The van der Waals surface area contributed by atoms with Crippen LogP contribution in [0.15, 0.2) is 63.6 Å². The summed E-state index contributed by atoms with van der Waals surface area (Å²) in [5.41, 5.74) is 10.8. The van der Waals surface area contributed by atoms with Crippen LogP contribution in [0.5, 0.6) is 0 Å².